The quantitative estimate of drug-likeness (QED) is 0.354. The molecule has 0 spiro atoms. The van der Waals surface area contributed by atoms with E-state index in [9.17, 15) is 9.59 Å². The number of ether oxygens (including phenoxy) is 3. The Morgan fingerprint density at radius 2 is 1.65 bits per heavy atom. The van der Waals surface area contributed by atoms with Crippen LogP contribution in [0.5, 0.6) is 0 Å². The predicted molar refractivity (Wildman–Crippen MR) is 62.6 cm³/mol. The molecule has 0 heterocycles. The Kier molecular flexibility index (Phi) is 10.00. The molecule has 5 nitrogen and oxygen atoms in total. The van der Waals surface area contributed by atoms with Gasteiger partial charge in [0, 0.05) is 6.08 Å². The van der Waals surface area contributed by atoms with Gasteiger partial charge in [0.15, 0.2) is 0 Å². The lowest BCUT2D eigenvalue weighted by Gasteiger charge is -2.06. The Hall–Kier alpha value is -1.52. The molecule has 0 N–H and O–H groups in total. The monoisotopic (exact) mass is 244 g/mol. The van der Waals surface area contributed by atoms with E-state index in [2.05, 4.69) is 23.0 Å². The number of carbonyl (C=O) groups is 2. The fraction of sp³-hybridized carbons (Fsp3) is 0.667. The van der Waals surface area contributed by atoms with Crippen LogP contribution in [0.4, 0.5) is 4.79 Å². The van der Waals surface area contributed by atoms with E-state index < -0.39 is 12.1 Å². The SMILES string of the molecule is C=CC(=O)OCCOC(=O)OCCCCCC. The first-order valence-electron chi connectivity index (χ1n) is 5.79. The summed E-state index contributed by atoms with van der Waals surface area (Å²) < 4.78 is 14.1. The van der Waals surface area contributed by atoms with Crippen molar-refractivity contribution in [3.05, 3.63) is 12.7 Å². The maximum Gasteiger partial charge on any atom is 0.508 e. The van der Waals surface area contributed by atoms with Crippen molar-refractivity contribution in [2.45, 2.75) is 32.6 Å². The van der Waals surface area contributed by atoms with Crippen molar-refractivity contribution in [3.63, 3.8) is 0 Å². The van der Waals surface area contributed by atoms with Crippen LogP contribution in [0, 0.1) is 0 Å². The molecule has 0 rings (SSSR count). The topological polar surface area (TPSA) is 61.8 Å². The van der Waals surface area contributed by atoms with E-state index in [1.165, 1.54) is 0 Å². The third kappa shape index (κ3) is 10.8. The van der Waals surface area contributed by atoms with Crippen molar-refractivity contribution >= 4 is 12.1 Å². The average molecular weight is 244 g/mol. The molecule has 0 aliphatic heterocycles. The molecule has 0 saturated carbocycles. The Morgan fingerprint density at radius 3 is 2.29 bits per heavy atom. The molecule has 0 aromatic heterocycles. The summed E-state index contributed by atoms with van der Waals surface area (Å²) in [6.07, 6.45) is 4.48. The van der Waals surface area contributed by atoms with E-state index in [1.807, 2.05) is 0 Å². The van der Waals surface area contributed by atoms with Gasteiger partial charge in [-0.15, -0.1) is 0 Å². The highest BCUT2D eigenvalue weighted by Gasteiger charge is 2.03. The molecule has 0 aliphatic carbocycles. The zero-order chi connectivity index (χ0) is 12.9. The minimum absolute atomic E-state index is 0.00657. The van der Waals surface area contributed by atoms with Gasteiger partial charge in [-0.1, -0.05) is 32.8 Å². The minimum atomic E-state index is -0.726. The van der Waals surface area contributed by atoms with Crippen molar-refractivity contribution in [2.24, 2.45) is 0 Å². The van der Waals surface area contributed by atoms with Gasteiger partial charge in [0.2, 0.25) is 0 Å². The lowest BCUT2D eigenvalue weighted by molar-refractivity contribution is -0.139. The van der Waals surface area contributed by atoms with Crippen LogP contribution in [0.1, 0.15) is 32.6 Å². The number of carbonyl (C=O) groups excluding carboxylic acids is 2. The molecule has 0 radical (unpaired) electrons. The highest BCUT2D eigenvalue weighted by Crippen LogP contribution is 1.99. The standard InChI is InChI=1S/C12H20O5/c1-3-5-6-7-8-16-12(14)17-10-9-15-11(13)4-2/h4H,2-3,5-10H2,1H3. The van der Waals surface area contributed by atoms with Crippen LogP contribution >= 0.6 is 0 Å². The summed E-state index contributed by atoms with van der Waals surface area (Å²) in [6.45, 7) is 5.71. The Morgan fingerprint density at radius 1 is 1.00 bits per heavy atom. The van der Waals surface area contributed by atoms with Gasteiger partial charge in [-0.2, -0.15) is 0 Å². The lowest BCUT2D eigenvalue weighted by atomic mass is 10.2. The van der Waals surface area contributed by atoms with Gasteiger partial charge in [0.1, 0.15) is 13.2 Å². The molecule has 0 aromatic rings. The van der Waals surface area contributed by atoms with Crippen LogP contribution < -0.4 is 0 Å². The smallest absolute Gasteiger partial charge is 0.459 e. The molecule has 0 amide bonds. The molecule has 0 unspecified atom stereocenters. The molecule has 0 aromatic carbocycles. The molecule has 5 heteroatoms. The van der Waals surface area contributed by atoms with Crippen LogP contribution in [0.15, 0.2) is 12.7 Å². The fourth-order valence-electron chi connectivity index (χ4n) is 1.05. The molecule has 17 heavy (non-hydrogen) atoms. The second-order valence-electron chi connectivity index (χ2n) is 3.38. The number of esters is 1. The number of hydrogen-bond donors (Lipinski definition) is 0. The minimum Gasteiger partial charge on any atom is -0.459 e. The van der Waals surface area contributed by atoms with Gasteiger partial charge in [-0.25, -0.2) is 9.59 Å². The highest BCUT2D eigenvalue weighted by atomic mass is 16.7. The predicted octanol–water partition coefficient (Wildman–Crippen LogP) is 2.45. The van der Waals surface area contributed by atoms with E-state index in [-0.39, 0.29) is 13.2 Å². The first-order chi connectivity index (χ1) is 8.20. The first-order valence-corrected chi connectivity index (χ1v) is 5.79. The Labute approximate surface area is 102 Å². The maximum absolute atomic E-state index is 11.0. The van der Waals surface area contributed by atoms with Crippen LogP contribution in [-0.4, -0.2) is 31.9 Å². The van der Waals surface area contributed by atoms with Crippen LogP contribution in [-0.2, 0) is 19.0 Å². The van der Waals surface area contributed by atoms with Crippen molar-refractivity contribution in [1.82, 2.24) is 0 Å². The maximum atomic E-state index is 11.0. The van der Waals surface area contributed by atoms with Crippen molar-refractivity contribution in [2.75, 3.05) is 19.8 Å². The third-order valence-electron chi connectivity index (χ3n) is 1.93. The van der Waals surface area contributed by atoms with Gasteiger partial charge in [0.25, 0.3) is 0 Å². The van der Waals surface area contributed by atoms with Gasteiger partial charge in [0.05, 0.1) is 6.61 Å². The van der Waals surface area contributed by atoms with Crippen molar-refractivity contribution in [1.29, 1.82) is 0 Å². The number of hydrogen-bond acceptors (Lipinski definition) is 5. The molecule has 98 valence electrons. The molecule has 0 fully saturated rings. The average Bonchev–Trinajstić information content (AvgIpc) is 2.34. The first kappa shape index (κ1) is 15.5. The largest absolute Gasteiger partial charge is 0.508 e. The van der Waals surface area contributed by atoms with E-state index in [1.54, 1.807) is 0 Å². The van der Waals surface area contributed by atoms with Gasteiger partial charge in [-0.05, 0) is 6.42 Å². The summed E-state index contributed by atoms with van der Waals surface area (Å²) in [5, 5.41) is 0. The number of rotatable bonds is 9. The number of unbranched alkanes of at least 4 members (excludes halogenated alkanes) is 3. The van der Waals surface area contributed by atoms with Crippen LogP contribution in [0.2, 0.25) is 0 Å². The molecule has 0 bridgehead atoms. The lowest BCUT2D eigenvalue weighted by Crippen LogP contribution is -2.14. The Bertz CT molecular complexity index is 237. The van der Waals surface area contributed by atoms with Crippen LogP contribution in [0.3, 0.4) is 0 Å². The van der Waals surface area contributed by atoms with Crippen molar-refractivity contribution in [3.8, 4) is 0 Å². The molecule has 0 atom stereocenters. The fourth-order valence-corrected chi connectivity index (χ4v) is 1.05. The van der Waals surface area contributed by atoms with E-state index >= 15 is 0 Å². The van der Waals surface area contributed by atoms with E-state index in [4.69, 9.17) is 4.74 Å². The van der Waals surface area contributed by atoms with E-state index in [0.29, 0.717) is 6.61 Å². The van der Waals surface area contributed by atoms with Gasteiger partial charge < -0.3 is 14.2 Å². The summed E-state index contributed by atoms with van der Waals surface area (Å²) in [6, 6.07) is 0. The molecule has 0 saturated heterocycles. The normalized spacial score (nSPS) is 9.47. The van der Waals surface area contributed by atoms with Crippen LogP contribution in [0.25, 0.3) is 0 Å². The second-order valence-corrected chi connectivity index (χ2v) is 3.38. The summed E-state index contributed by atoms with van der Waals surface area (Å²) in [5.74, 6) is -0.540. The van der Waals surface area contributed by atoms with Gasteiger partial charge >= 0.3 is 12.1 Å². The zero-order valence-electron chi connectivity index (χ0n) is 10.3. The van der Waals surface area contributed by atoms with Crippen molar-refractivity contribution < 1.29 is 23.8 Å². The zero-order valence-corrected chi connectivity index (χ0v) is 10.3. The second kappa shape index (κ2) is 11.0. The summed E-state index contributed by atoms with van der Waals surface area (Å²) in [4.78, 5) is 21.6. The summed E-state index contributed by atoms with van der Waals surface area (Å²) in [7, 11) is 0. The molecular formula is C12H20O5. The van der Waals surface area contributed by atoms with E-state index in [0.717, 1.165) is 31.8 Å². The molecule has 0 aliphatic rings. The Balaban J connectivity index is 3.29. The highest BCUT2D eigenvalue weighted by molar-refractivity contribution is 5.81. The van der Waals surface area contributed by atoms with Gasteiger partial charge in [-0.3, -0.25) is 0 Å². The summed E-state index contributed by atoms with van der Waals surface area (Å²) >= 11 is 0. The molecular weight excluding hydrogens is 224 g/mol. The summed E-state index contributed by atoms with van der Waals surface area (Å²) in [5.41, 5.74) is 0. The third-order valence-corrected chi connectivity index (χ3v) is 1.93.